The fraction of sp³-hybridized carbons (Fsp3) is 0.421. The number of methoxy groups -OCH3 is 1. The molecule has 1 heterocycles. The van der Waals surface area contributed by atoms with Gasteiger partial charge in [0.05, 0.1) is 5.60 Å². The summed E-state index contributed by atoms with van der Waals surface area (Å²) in [5, 5.41) is 3.66. The Bertz CT molecular complexity index is 662. The maximum atomic E-state index is 11.9. The molecule has 0 spiro atoms. The lowest BCUT2D eigenvalue weighted by Crippen LogP contribution is -2.32. The van der Waals surface area contributed by atoms with Crippen molar-refractivity contribution in [3.8, 4) is 11.3 Å². The fourth-order valence-corrected chi connectivity index (χ4v) is 2.45. The number of carbonyl (C=O) groups excluding carboxylic acids is 1. The molecule has 1 amide bonds. The molecule has 130 valence electrons. The Labute approximate surface area is 148 Å². The Hall–Kier alpha value is -1.78. The van der Waals surface area contributed by atoms with E-state index < -0.39 is 0 Å². The molecule has 2 rings (SSSR count). The van der Waals surface area contributed by atoms with Crippen molar-refractivity contribution in [2.75, 3.05) is 13.7 Å². The average molecular weight is 349 g/mol. The van der Waals surface area contributed by atoms with Crippen molar-refractivity contribution in [2.45, 2.75) is 38.7 Å². The van der Waals surface area contributed by atoms with Crippen LogP contribution < -0.4 is 5.32 Å². The molecular weight excluding hydrogens is 324 g/mol. The van der Waals surface area contributed by atoms with Gasteiger partial charge in [0.1, 0.15) is 0 Å². The lowest BCUT2D eigenvalue weighted by atomic mass is 10.1. The zero-order valence-corrected chi connectivity index (χ0v) is 15.2. The van der Waals surface area contributed by atoms with Crippen LogP contribution in [0.15, 0.2) is 36.4 Å². The monoisotopic (exact) mass is 348 g/mol. The van der Waals surface area contributed by atoms with Crippen LogP contribution in [0.5, 0.6) is 0 Å². The predicted molar refractivity (Wildman–Crippen MR) is 98.3 cm³/mol. The summed E-state index contributed by atoms with van der Waals surface area (Å²) in [4.78, 5) is 15.3. The molecular formula is C19H25ClN2O2. The van der Waals surface area contributed by atoms with Gasteiger partial charge in [0.2, 0.25) is 5.91 Å². The molecule has 0 aliphatic carbocycles. The van der Waals surface area contributed by atoms with Crippen LogP contribution in [0.2, 0.25) is 5.02 Å². The van der Waals surface area contributed by atoms with Gasteiger partial charge in [0, 0.05) is 36.5 Å². The first-order valence-electron chi connectivity index (χ1n) is 8.15. The predicted octanol–water partition coefficient (Wildman–Crippen LogP) is 4.20. The third-order valence-corrected chi connectivity index (χ3v) is 4.38. The zero-order valence-electron chi connectivity index (χ0n) is 14.5. The molecule has 2 N–H and O–H groups in total. The number of halogens is 1. The largest absolute Gasteiger partial charge is 0.379 e. The second-order valence-electron chi connectivity index (χ2n) is 6.47. The van der Waals surface area contributed by atoms with Crippen LogP contribution in [-0.4, -0.2) is 30.1 Å². The Kier molecular flexibility index (Phi) is 6.46. The van der Waals surface area contributed by atoms with Crippen LogP contribution in [0, 0.1) is 0 Å². The van der Waals surface area contributed by atoms with E-state index in [2.05, 4.69) is 10.3 Å². The van der Waals surface area contributed by atoms with Crippen molar-refractivity contribution < 1.29 is 9.53 Å². The number of amides is 1. The van der Waals surface area contributed by atoms with Crippen molar-refractivity contribution in [2.24, 2.45) is 0 Å². The first kappa shape index (κ1) is 18.6. The fourth-order valence-electron chi connectivity index (χ4n) is 2.33. The van der Waals surface area contributed by atoms with E-state index in [1.165, 1.54) is 0 Å². The van der Waals surface area contributed by atoms with Gasteiger partial charge in [0.15, 0.2) is 0 Å². The third kappa shape index (κ3) is 5.69. The zero-order chi connectivity index (χ0) is 17.6. The molecule has 2 aromatic rings. The van der Waals surface area contributed by atoms with Crippen LogP contribution in [-0.2, 0) is 16.0 Å². The van der Waals surface area contributed by atoms with Crippen molar-refractivity contribution >= 4 is 17.5 Å². The minimum Gasteiger partial charge on any atom is -0.379 e. The van der Waals surface area contributed by atoms with E-state index in [-0.39, 0.29) is 11.5 Å². The van der Waals surface area contributed by atoms with E-state index in [4.69, 9.17) is 16.3 Å². The van der Waals surface area contributed by atoms with Crippen molar-refractivity contribution in [3.05, 3.63) is 47.1 Å². The van der Waals surface area contributed by atoms with Gasteiger partial charge in [0.25, 0.3) is 0 Å². The number of nitrogens with one attached hydrogen (secondary N) is 2. The van der Waals surface area contributed by atoms with E-state index >= 15 is 0 Å². The third-order valence-electron chi connectivity index (χ3n) is 4.12. The van der Waals surface area contributed by atoms with Gasteiger partial charge in [-0.25, -0.2) is 0 Å². The van der Waals surface area contributed by atoms with Crippen molar-refractivity contribution in [3.63, 3.8) is 0 Å². The van der Waals surface area contributed by atoms with Crippen LogP contribution >= 0.6 is 11.6 Å². The van der Waals surface area contributed by atoms with Gasteiger partial charge < -0.3 is 15.0 Å². The molecule has 0 fully saturated rings. The van der Waals surface area contributed by atoms with Gasteiger partial charge in [-0.2, -0.15) is 0 Å². The number of aromatic amines is 1. The molecule has 1 aromatic carbocycles. The number of aromatic nitrogens is 1. The van der Waals surface area contributed by atoms with Crippen LogP contribution in [0.4, 0.5) is 0 Å². The second-order valence-corrected chi connectivity index (χ2v) is 6.90. The summed E-state index contributed by atoms with van der Waals surface area (Å²) in [6.45, 7) is 4.65. The lowest BCUT2D eigenvalue weighted by Gasteiger charge is -2.22. The molecule has 0 aliphatic heterocycles. The molecule has 0 atom stereocenters. The van der Waals surface area contributed by atoms with Crippen molar-refractivity contribution in [1.82, 2.24) is 10.3 Å². The highest BCUT2D eigenvalue weighted by molar-refractivity contribution is 6.30. The summed E-state index contributed by atoms with van der Waals surface area (Å²) < 4.78 is 5.34. The normalized spacial score (nSPS) is 11.5. The molecule has 0 aliphatic rings. The van der Waals surface area contributed by atoms with Gasteiger partial charge in [-0.05, 0) is 56.5 Å². The minimum atomic E-state index is -0.208. The summed E-state index contributed by atoms with van der Waals surface area (Å²) in [5.74, 6) is 0.0598. The van der Waals surface area contributed by atoms with E-state index in [1.54, 1.807) is 7.11 Å². The van der Waals surface area contributed by atoms with Crippen LogP contribution in [0.1, 0.15) is 32.4 Å². The summed E-state index contributed by atoms with van der Waals surface area (Å²) >= 11 is 5.91. The number of benzene rings is 1. The Morgan fingerprint density at radius 1 is 1.21 bits per heavy atom. The topological polar surface area (TPSA) is 54.1 Å². The molecule has 24 heavy (non-hydrogen) atoms. The Balaban J connectivity index is 1.78. The molecule has 0 radical (unpaired) electrons. The Morgan fingerprint density at radius 3 is 2.58 bits per heavy atom. The molecule has 0 unspecified atom stereocenters. The maximum Gasteiger partial charge on any atom is 0.220 e. The van der Waals surface area contributed by atoms with Crippen LogP contribution in [0.3, 0.4) is 0 Å². The molecule has 0 bridgehead atoms. The van der Waals surface area contributed by atoms with Gasteiger partial charge >= 0.3 is 0 Å². The van der Waals surface area contributed by atoms with E-state index in [1.807, 2.05) is 50.2 Å². The summed E-state index contributed by atoms with van der Waals surface area (Å²) in [5.41, 5.74) is 2.95. The summed E-state index contributed by atoms with van der Waals surface area (Å²) in [6, 6.07) is 11.7. The number of ether oxygens (including phenoxy) is 1. The lowest BCUT2D eigenvalue weighted by molar-refractivity contribution is -0.121. The first-order chi connectivity index (χ1) is 11.4. The summed E-state index contributed by atoms with van der Waals surface area (Å²) in [6.07, 6.45) is 1.94. The number of hydrogen-bond acceptors (Lipinski definition) is 2. The molecule has 5 heteroatoms. The van der Waals surface area contributed by atoms with Gasteiger partial charge in [-0.15, -0.1) is 0 Å². The average Bonchev–Trinajstić information content (AvgIpc) is 3.02. The highest BCUT2D eigenvalue weighted by Crippen LogP contribution is 2.21. The molecule has 0 saturated carbocycles. The molecule has 4 nitrogen and oxygen atoms in total. The number of H-pyrrole nitrogens is 1. The Morgan fingerprint density at radius 2 is 1.92 bits per heavy atom. The quantitative estimate of drug-likeness (QED) is 0.751. The maximum absolute atomic E-state index is 11.9. The van der Waals surface area contributed by atoms with Crippen LogP contribution in [0.25, 0.3) is 11.3 Å². The minimum absolute atomic E-state index is 0.0598. The molecule has 0 saturated heterocycles. The smallest absolute Gasteiger partial charge is 0.220 e. The highest BCUT2D eigenvalue weighted by Gasteiger charge is 2.16. The van der Waals surface area contributed by atoms with E-state index in [0.717, 1.165) is 28.4 Å². The van der Waals surface area contributed by atoms with Gasteiger partial charge in [-0.3, -0.25) is 4.79 Å². The van der Waals surface area contributed by atoms with Crippen molar-refractivity contribution in [1.29, 1.82) is 0 Å². The number of aryl methyl sites for hydroxylation is 1. The number of hydrogen-bond donors (Lipinski definition) is 2. The standard InChI is InChI=1S/C19H25ClN2O2/c1-19(2,24-3)12-13-21-18(23)11-9-16-8-10-17(22-16)14-4-6-15(20)7-5-14/h4-8,10,22H,9,11-13H2,1-3H3,(H,21,23). The SMILES string of the molecule is COC(C)(C)CCNC(=O)CCc1ccc(-c2ccc(Cl)cc2)[nH]1. The number of rotatable bonds is 8. The highest BCUT2D eigenvalue weighted by atomic mass is 35.5. The van der Waals surface area contributed by atoms with E-state index in [0.29, 0.717) is 19.4 Å². The molecule has 1 aromatic heterocycles. The van der Waals surface area contributed by atoms with E-state index in [9.17, 15) is 4.79 Å². The first-order valence-corrected chi connectivity index (χ1v) is 8.53. The summed E-state index contributed by atoms with van der Waals surface area (Å²) in [7, 11) is 1.69. The number of carbonyl (C=O) groups is 1. The van der Waals surface area contributed by atoms with Gasteiger partial charge in [-0.1, -0.05) is 23.7 Å². The second kappa shape index (κ2) is 8.36.